The Morgan fingerprint density at radius 1 is 1.08 bits per heavy atom. The first-order valence-corrected chi connectivity index (χ1v) is 8.36. The van der Waals surface area contributed by atoms with Gasteiger partial charge in [0.05, 0.1) is 20.8 Å². The molecule has 0 saturated carbocycles. The third-order valence-corrected chi connectivity index (χ3v) is 3.80. The molecule has 1 aromatic carbocycles. The van der Waals surface area contributed by atoms with Crippen LogP contribution in [-0.2, 0) is 6.42 Å². The van der Waals surface area contributed by atoms with Crippen molar-refractivity contribution in [3.63, 3.8) is 0 Å². The van der Waals surface area contributed by atoms with Gasteiger partial charge in [0.15, 0.2) is 0 Å². The average molecular weight is 359 g/mol. The Labute approximate surface area is 153 Å². The highest BCUT2D eigenvalue weighted by Gasteiger charge is 2.08. The van der Waals surface area contributed by atoms with Gasteiger partial charge in [0.1, 0.15) is 23.9 Å². The van der Waals surface area contributed by atoms with Crippen molar-refractivity contribution in [1.29, 1.82) is 0 Å². The molecule has 2 aromatic rings. The number of carbonyl (C=O) groups excluding carboxylic acids is 1. The summed E-state index contributed by atoms with van der Waals surface area (Å²) in [5.41, 5.74) is 1.15. The number of nitrogens with zero attached hydrogens (tertiary/aromatic N) is 2. The molecule has 26 heavy (non-hydrogen) atoms. The smallest absolute Gasteiger partial charge is 0.317 e. The molecule has 1 N–H and O–H groups in total. The van der Waals surface area contributed by atoms with Crippen molar-refractivity contribution in [2.45, 2.75) is 6.42 Å². The van der Waals surface area contributed by atoms with E-state index in [1.54, 1.807) is 56.8 Å². The van der Waals surface area contributed by atoms with Gasteiger partial charge in [-0.2, -0.15) is 0 Å². The molecule has 0 spiro atoms. The molecule has 0 atom stereocenters. The van der Waals surface area contributed by atoms with Crippen LogP contribution in [0.4, 0.5) is 4.79 Å². The van der Waals surface area contributed by atoms with Crippen molar-refractivity contribution in [3.8, 4) is 17.2 Å². The molecule has 1 heterocycles. The van der Waals surface area contributed by atoms with Crippen molar-refractivity contribution in [1.82, 2.24) is 15.2 Å². The third kappa shape index (κ3) is 6.16. The van der Waals surface area contributed by atoms with E-state index in [4.69, 9.17) is 14.2 Å². The maximum absolute atomic E-state index is 12.1. The van der Waals surface area contributed by atoms with E-state index in [0.29, 0.717) is 36.9 Å². The number of carbonyl (C=O) groups is 1. The van der Waals surface area contributed by atoms with Gasteiger partial charge in [0.2, 0.25) is 0 Å². The zero-order valence-corrected chi connectivity index (χ0v) is 15.4. The van der Waals surface area contributed by atoms with Crippen LogP contribution in [-0.4, -0.2) is 56.9 Å². The molecule has 0 fully saturated rings. The molecule has 140 valence electrons. The Hall–Kier alpha value is -2.96. The predicted octanol–water partition coefficient (Wildman–Crippen LogP) is 2.36. The fraction of sp³-hybridized carbons (Fsp3) is 0.368. The summed E-state index contributed by atoms with van der Waals surface area (Å²) in [6.45, 7) is 1.38. The normalized spacial score (nSPS) is 10.1. The summed E-state index contributed by atoms with van der Waals surface area (Å²) < 4.78 is 16.0. The Morgan fingerprint density at radius 2 is 1.69 bits per heavy atom. The average Bonchev–Trinajstić information content (AvgIpc) is 2.69. The first kappa shape index (κ1) is 19.4. The Kier molecular flexibility index (Phi) is 7.54. The number of nitrogens with one attached hydrogen (secondary N) is 1. The van der Waals surface area contributed by atoms with Crippen LogP contribution in [0.2, 0.25) is 0 Å². The van der Waals surface area contributed by atoms with Crippen LogP contribution >= 0.6 is 0 Å². The zero-order chi connectivity index (χ0) is 18.8. The van der Waals surface area contributed by atoms with Gasteiger partial charge in [-0.3, -0.25) is 4.98 Å². The van der Waals surface area contributed by atoms with E-state index in [1.807, 2.05) is 12.1 Å². The summed E-state index contributed by atoms with van der Waals surface area (Å²) in [6, 6.07) is 9.07. The van der Waals surface area contributed by atoms with Crippen LogP contribution in [0.25, 0.3) is 0 Å². The Balaban J connectivity index is 1.71. The molecule has 2 rings (SSSR count). The van der Waals surface area contributed by atoms with Crippen molar-refractivity contribution in [2.24, 2.45) is 0 Å². The monoisotopic (exact) mass is 359 g/mol. The number of rotatable bonds is 9. The summed E-state index contributed by atoms with van der Waals surface area (Å²) in [4.78, 5) is 17.7. The molecule has 0 aliphatic carbocycles. The number of hydrogen-bond acceptors (Lipinski definition) is 5. The fourth-order valence-electron chi connectivity index (χ4n) is 2.27. The van der Waals surface area contributed by atoms with Crippen molar-refractivity contribution in [3.05, 3.63) is 48.3 Å². The summed E-state index contributed by atoms with van der Waals surface area (Å²) >= 11 is 0. The van der Waals surface area contributed by atoms with E-state index in [-0.39, 0.29) is 6.03 Å². The second kappa shape index (κ2) is 10.1. The molecule has 7 heteroatoms. The van der Waals surface area contributed by atoms with Gasteiger partial charge in [-0.1, -0.05) is 0 Å². The molecule has 1 aromatic heterocycles. The van der Waals surface area contributed by atoms with Crippen LogP contribution in [0.15, 0.2) is 42.7 Å². The lowest BCUT2D eigenvalue weighted by Gasteiger charge is -2.18. The quantitative estimate of drug-likeness (QED) is 0.696. The van der Waals surface area contributed by atoms with Crippen LogP contribution in [0, 0.1) is 0 Å². The number of methoxy groups -OCH3 is 2. The Bertz CT molecular complexity index is 672. The molecule has 0 saturated heterocycles. The third-order valence-electron chi connectivity index (χ3n) is 3.80. The van der Waals surface area contributed by atoms with Gasteiger partial charge < -0.3 is 24.4 Å². The summed E-state index contributed by atoms with van der Waals surface area (Å²) in [6.07, 6.45) is 4.28. The lowest BCUT2D eigenvalue weighted by Crippen LogP contribution is -2.40. The fourth-order valence-corrected chi connectivity index (χ4v) is 2.27. The molecule has 2 amide bonds. The molecule has 0 unspecified atom stereocenters. The van der Waals surface area contributed by atoms with Gasteiger partial charge in [0.25, 0.3) is 0 Å². The molecular formula is C19H25N3O4. The number of pyridine rings is 1. The van der Waals surface area contributed by atoms with E-state index in [2.05, 4.69) is 10.3 Å². The van der Waals surface area contributed by atoms with Crippen LogP contribution in [0.1, 0.15) is 5.56 Å². The number of aromatic nitrogens is 1. The van der Waals surface area contributed by atoms with E-state index < -0.39 is 0 Å². The van der Waals surface area contributed by atoms with Gasteiger partial charge in [-0.05, 0) is 24.1 Å². The standard InChI is InChI=1S/C19H25N3O4/c1-22(10-6-15-4-7-20-8-5-15)19(23)21-9-11-26-18-13-16(24-2)12-17(14-18)25-3/h4-5,7-8,12-14H,6,9-11H2,1-3H3,(H,21,23). The first-order chi connectivity index (χ1) is 12.6. The molecule has 7 nitrogen and oxygen atoms in total. The minimum atomic E-state index is -0.133. The SMILES string of the molecule is COc1cc(OC)cc(OCCNC(=O)N(C)CCc2ccncc2)c1. The van der Waals surface area contributed by atoms with Crippen molar-refractivity contribution < 1.29 is 19.0 Å². The van der Waals surface area contributed by atoms with E-state index in [0.717, 1.165) is 12.0 Å². The Morgan fingerprint density at radius 3 is 2.31 bits per heavy atom. The lowest BCUT2D eigenvalue weighted by atomic mass is 10.2. The number of hydrogen-bond donors (Lipinski definition) is 1. The van der Waals surface area contributed by atoms with Gasteiger partial charge in [-0.15, -0.1) is 0 Å². The van der Waals surface area contributed by atoms with E-state index in [1.165, 1.54) is 0 Å². The van der Waals surface area contributed by atoms with Gasteiger partial charge >= 0.3 is 6.03 Å². The lowest BCUT2D eigenvalue weighted by molar-refractivity contribution is 0.205. The van der Waals surface area contributed by atoms with Crippen molar-refractivity contribution >= 4 is 6.03 Å². The van der Waals surface area contributed by atoms with Crippen molar-refractivity contribution in [2.75, 3.05) is 41.0 Å². The van der Waals surface area contributed by atoms with Crippen LogP contribution < -0.4 is 19.5 Å². The molecule has 0 aliphatic rings. The summed E-state index contributed by atoms with van der Waals surface area (Å²) in [5, 5.41) is 2.83. The minimum absolute atomic E-state index is 0.133. The maximum Gasteiger partial charge on any atom is 0.317 e. The van der Waals surface area contributed by atoms with Gasteiger partial charge in [-0.25, -0.2) is 4.79 Å². The number of likely N-dealkylation sites (N-methyl/N-ethyl adjacent to an activating group) is 1. The maximum atomic E-state index is 12.1. The number of urea groups is 1. The molecule has 0 radical (unpaired) electrons. The van der Waals surface area contributed by atoms with E-state index in [9.17, 15) is 4.79 Å². The van der Waals surface area contributed by atoms with Crippen LogP contribution in [0.5, 0.6) is 17.2 Å². The number of amides is 2. The first-order valence-electron chi connectivity index (χ1n) is 8.36. The van der Waals surface area contributed by atoms with E-state index >= 15 is 0 Å². The second-order valence-corrected chi connectivity index (χ2v) is 5.66. The topological polar surface area (TPSA) is 72.9 Å². The highest BCUT2D eigenvalue weighted by atomic mass is 16.5. The summed E-state index contributed by atoms with van der Waals surface area (Å²) in [5.74, 6) is 1.93. The minimum Gasteiger partial charge on any atom is -0.496 e. The molecule has 0 bridgehead atoms. The highest BCUT2D eigenvalue weighted by Crippen LogP contribution is 2.27. The number of benzene rings is 1. The summed E-state index contributed by atoms with van der Waals surface area (Å²) in [7, 11) is 4.94. The largest absolute Gasteiger partial charge is 0.496 e. The molecule has 0 aliphatic heterocycles. The molecular weight excluding hydrogens is 334 g/mol. The van der Waals surface area contributed by atoms with Crippen LogP contribution in [0.3, 0.4) is 0 Å². The predicted molar refractivity (Wildman–Crippen MR) is 99.0 cm³/mol. The number of ether oxygens (including phenoxy) is 3. The highest BCUT2D eigenvalue weighted by molar-refractivity contribution is 5.73. The second-order valence-electron chi connectivity index (χ2n) is 5.66. The van der Waals surface area contributed by atoms with Gasteiger partial charge in [0, 0.05) is 44.2 Å². The zero-order valence-electron chi connectivity index (χ0n) is 15.4.